The van der Waals surface area contributed by atoms with Gasteiger partial charge in [0.1, 0.15) is 11.6 Å². The van der Waals surface area contributed by atoms with E-state index in [1.54, 1.807) is 44.4 Å². The second-order valence-electron chi connectivity index (χ2n) is 9.46. The summed E-state index contributed by atoms with van der Waals surface area (Å²) in [5.41, 5.74) is 4.35. The molecule has 0 radical (unpaired) electrons. The van der Waals surface area contributed by atoms with Crippen LogP contribution in [0.15, 0.2) is 78.9 Å². The molecule has 3 aromatic carbocycles. The van der Waals surface area contributed by atoms with Crippen molar-refractivity contribution in [2.24, 2.45) is 0 Å². The Balaban J connectivity index is 1.56. The summed E-state index contributed by atoms with van der Waals surface area (Å²) >= 11 is 0. The summed E-state index contributed by atoms with van der Waals surface area (Å²) in [4.78, 5) is 13.1. The van der Waals surface area contributed by atoms with Crippen LogP contribution < -0.4 is 4.74 Å². The Morgan fingerprint density at radius 1 is 1.00 bits per heavy atom. The molecule has 0 spiro atoms. The summed E-state index contributed by atoms with van der Waals surface area (Å²) in [6.45, 7) is 2.55. The van der Waals surface area contributed by atoms with E-state index in [1.165, 1.54) is 11.0 Å². The van der Waals surface area contributed by atoms with Gasteiger partial charge >= 0.3 is 0 Å². The third-order valence-corrected chi connectivity index (χ3v) is 6.53. The number of ether oxygens (including phenoxy) is 1. The average molecular weight is 530 g/mol. The van der Waals surface area contributed by atoms with Gasteiger partial charge in [0.2, 0.25) is 11.9 Å². The highest BCUT2D eigenvalue weighted by atomic mass is 19.1. The summed E-state index contributed by atoms with van der Waals surface area (Å²) in [6, 6.07) is 19.8. The van der Waals surface area contributed by atoms with E-state index in [0.717, 1.165) is 47.3 Å². The van der Waals surface area contributed by atoms with Crippen molar-refractivity contribution in [2.75, 3.05) is 20.7 Å². The molecule has 0 bridgehead atoms. The summed E-state index contributed by atoms with van der Waals surface area (Å²) in [7, 11) is 3.46. The van der Waals surface area contributed by atoms with Crippen LogP contribution in [0.25, 0.3) is 22.0 Å². The molecular weight excluding hydrogens is 496 g/mol. The lowest BCUT2D eigenvalue weighted by atomic mass is 9.87. The number of nitrogens with zero attached hydrogens (tertiary/aromatic N) is 2. The average Bonchev–Trinajstić information content (AvgIpc) is 3.31. The largest absolute Gasteiger partial charge is 0.494 e. The molecule has 4 rings (SSSR count). The molecule has 39 heavy (non-hydrogen) atoms. The standard InChI is InChI=1S/C32H33F2N3O2/c1-4-25(26-11-8-9-12-28(26)33)31(23-16-19-29-27(21-23)32(34)36-35-29)22-14-17-24(18-15-22)39-20-10-6-5-7-13-30(38)37(2)3/h7-9,11-19,21H,4-6,10,20H2,1-3H3,(H,35,36)/b13-7+,31-25+. The molecule has 0 unspecified atom stereocenters. The monoisotopic (exact) mass is 529 g/mol. The zero-order valence-corrected chi connectivity index (χ0v) is 22.5. The third-order valence-electron chi connectivity index (χ3n) is 6.53. The van der Waals surface area contributed by atoms with Crippen molar-refractivity contribution < 1.29 is 18.3 Å². The second kappa shape index (κ2) is 13.0. The van der Waals surface area contributed by atoms with E-state index in [1.807, 2.05) is 49.4 Å². The van der Waals surface area contributed by atoms with Gasteiger partial charge in [0.05, 0.1) is 17.5 Å². The van der Waals surface area contributed by atoms with Crippen LogP contribution in [-0.4, -0.2) is 41.7 Å². The van der Waals surface area contributed by atoms with Gasteiger partial charge in [0.15, 0.2) is 0 Å². The maximum Gasteiger partial charge on any atom is 0.245 e. The number of carbonyl (C=O) groups is 1. The van der Waals surface area contributed by atoms with Crippen molar-refractivity contribution in [3.8, 4) is 5.75 Å². The number of rotatable bonds is 11. The van der Waals surface area contributed by atoms with Crippen molar-refractivity contribution in [1.29, 1.82) is 0 Å². The fraction of sp³-hybridized carbons (Fsp3) is 0.250. The van der Waals surface area contributed by atoms with Gasteiger partial charge in [0, 0.05) is 19.7 Å². The van der Waals surface area contributed by atoms with E-state index in [0.29, 0.717) is 29.5 Å². The number of likely N-dealkylation sites (N-methyl/N-ethyl adjacent to an activating group) is 1. The first-order chi connectivity index (χ1) is 18.9. The molecule has 0 fully saturated rings. The fourth-order valence-corrected chi connectivity index (χ4v) is 4.46. The molecule has 0 saturated heterocycles. The minimum atomic E-state index is -0.501. The van der Waals surface area contributed by atoms with Crippen molar-refractivity contribution in [1.82, 2.24) is 15.1 Å². The molecule has 1 amide bonds. The first-order valence-corrected chi connectivity index (χ1v) is 13.1. The molecule has 0 saturated carbocycles. The van der Waals surface area contributed by atoms with E-state index in [-0.39, 0.29) is 11.7 Å². The minimum absolute atomic E-state index is 0.0178. The first kappa shape index (κ1) is 27.8. The number of halogens is 2. The van der Waals surface area contributed by atoms with Crippen LogP contribution in [0.3, 0.4) is 0 Å². The van der Waals surface area contributed by atoms with Crippen molar-refractivity contribution in [3.63, 3.8) is 0 Å². The number of fused-ring (bicyclic) bond motifs is 1. The molecule has 7 heteroatoms. The Kier molecular flexibility index (Phi) is 9.26. The first-order valence-electron chi connectivity index (χ1n) is 13.1. The molecule has 0 aliphatic rings. The molecule has 5 nitrogen and oxygen atoms in total. The topological polar surface area (TPSA) is 58.2 Å². The Morgan fingerprint density at radius 2 is 1.74 bits per heavy atom. The van der Waals surface area contributed by atoms with E-state index >= 15 is 0 Å². The van der Waals surface area contributed by atoms with Crippen molar-refractivity contribution >= 4 is 28.0 Å². The van der Waals surface area contributed by atoms with Crippen molar-refractivity contribution in [2.45, 2.75) is 32.6 Å². The number of unbranched alkanes of at least 4 members (excludes halogenated alkanes) is 2. The normalized spacial score (nSPS) is 12.1. The van der Waals surface area contributed by atoms with E-state index < -0.39 is 5.95 Å². The Bertz CT molecular complexity index is 1490. The van der Waals surface area contributed by atoms with Crippen LogP contribution in [0.4, 0.5) is 8.78 Å². The number of hydrogen-bond acceptors (Lipinski definition) is 3. The summed E-state index contributed by atoms with van der Waals surface area (Å²) < 4.78 is 35.2. The highest BCUT2D eigenvalue weighted by molar-refractivity contribution is 6.00. The molecule has 1 N–H and O–H groups in total. The predicted molar refractivity (Wildman–Crippen MR) is 152 cm³/mol. The van der Waals surface area contributed by atoms with Gasteiger partial charge in [0.25, 0.3) is 0 Å². The van der Waals surface area contributed by atoms with Crippen LogP contribution in [0.1, 0.15) is 49.3 Å². The van der Waals surface area contributed by atoms with Crippen LogP contribution in [-0.2, 0) is 4.79 Å². The number of benzene rings is 3. The number of allylic oxidation sites excluding steroid dienone is 2. The van der Waals surface area contributed by atoms with Crippen LogP contribution >= 0.6 is 0 Å². The summed E-state index contributed by atoms with van der Waals surface area (Å²) in [5, 5.41) is 6.77. The molecule has 0 aliphatic heterocycles. The number of amides is 1. The number of aromatic amines is 1. The number of nitrogens with one attached hydrogen (secondary N) is 1. The number of carbonyl (C=O) groups excluding carboxylic acids is 1. The summed E-state index contributed by atoms with van der Waals surface area (Å²) in [6.07, 6.45) is 6.64. The van der Waals surface area contributed by atoms with Gasteiger partial charge in [-0.15, -0.1) is 0 Å². The number of aromatic nitrogens is 2. The lowest BCUT2D eigenvalue weighted by Gasteiger charge is -2.17. The highest BCUT2D eigenvalue weighted by Gasteiger charge is 2.17. The third kappa shape index (κ3) is 6.79. The second-order valence-corrected chi connectivity index (χ2v) is 9.46. The number of hydrogen-bond donors (Lipinski definition) is 1. The smallest absolute Gasteiger partial charge is 0.245 e. The van der Waals surface area contributed by atoms with Crippen LogP contribution in [0.2, 0.25) is 0 Å². The highest BCUT2D eigenvalue weighted by Crippen LogP contribution is 2.37. The maximum absolute atomic E-state index is 14.9. The molecular formula is C32H33F2N3O2. The van der Waals surface area contributed by atoms with Gasteiger partial charge in [-0.05, 0) is 84.4 Å². The SMILES string of the molecule is CC/C(=C(/c1ccc(OCCCC/C=C/C(=O)N(C)C)cc1)c1ccc2n[nH]c(F)c2c1)c1ccccc1F. The lowest BCUT2D eigenvalue weighted by Crippen LogP contribution is -2.18. The lowest BCUT2D eigenvalue weighted by molar-refractivity contribution is -0.123. The zero-order valence-electron chi connectivity index (χ0n) is 22.5. The quantitative estimate of drug-likeness (QED) is 0.125. The molecule has 1 heterocycles. The van der Waals surface area contributed by atoms with E-state index in [9.17, 15) is 13.6 Å². The zero-order chi connectivity index (χ0) is 27.8. The molecule has 202 valence electrons. The van der Waals surface area contributed by atoms with Crippen LogP contribution in [0, 0.1) is 11.8 Å². The molecule has 0 atom stereocenters. The molecule has 0 aliphatic carbocycles. The van der Waals surface area contributed by atoms with Gasteiger partial charge in [-0.25, -0.2) is 4.39 Å². The Labute approximate surface area is 227 Å². The Morgan fingerprint density at radius 3 is 2.46 bits per heavy atom. The van der Waals surface area contributed by atoms with Gasteiger partial charge in [-0.2, -0.15) is 9.49 Å². The van der Waals surface area contributed by atoms with E-state index in [4.69, 9.17) is 4.74 Å². The van der Waals surface area contributed by atoms with Crippen LogP contribution in [0.5, 0.6) is 5.75 Å². The van der Waals surface area contributed by atoms with E-state index in [2.05, 4.69) is 10.2 Å². The molecule has 1 aromatic heterocycles. The van der Waals surface area contributed by atoms with Gasteiger partial charge in [-0.3, -0.25) is 9.89 Å². The minimum Gasteiger partial charge on any atom is -0.494 e. The fourth-order valence-electron chi connectivity index (χ4n) is 4.46. The Hall–Kier alpha value is -4.26. The number of H-pyrrole nitrogens is 1. The maximum atomic E-state index is 14.9. The summed E-state index contributed by atoms with van der Waals surface area (Å²) in [5.74, 6) is -0.0884. The van der Waals surface area contributed by atoms with Gasteiger partial charge < -0.3 is 9.64 Å². The molecule has 4 aromatic rings. The predicted octanol–water partition coefficient (Wildman–Crippen LogP) is 7.40. The van der Waals surface area contributed by atoms with Crippen molar-refractivity contribution in [3.05, 3.63) is 107 Å². The van der Waals surface area contributed by atoms with Gasteiger partial charge in [-0.1, -0.05) is 49.4 Å².